The molecule has 1 heterocycles. The van der Waals surface area contributed by atoms with Gasteiger partial charge in [0.2, 0.25) is 0 Å². The summed E-state index contributed by atoms with van der Waals surface area (Å²) in [5, 5.41) is 0.801. The van der Waals surface area contributed by atoms with Gasteiger partial charge >= 0.3 is 0 Å². The molecule has 2 nitrogen and oxygen atoms in total. The van der Waals surface area contributed by atoms with E-state index in [2.05, 4.69) is 6.07 Å². The lowest BCUT2D eigenvalue weighted by molar-refractivity contribution is 0.101. The average molecular weight is 254 g/mol. The Labute approximate surface area is 108 Å². The molecule has 2 unspecified atom stereocenters. The predicted molar refractivity (Wildman–Crippen MR) is 71.3 cm³/mol. The minimum absolute atomic E-state index is 0.0675. The zero-order valence-corrected chi connectivity index (χ0v) is 11.0. The van der Waals surface area contributed by atoms with Gasteiger partial charge in [-0.1, -0.05) is 23.7 Å². The Morgan fingerprint density at radius 1 is 1.53 bits per heavy atom. The molecule has 0 radical (unpaired) electrons. The number of ether oxygens (including phenoxy) is 1. The fraction of sp³-hybridized carbons (Fsp3) is 0.571. The number of rotatable bonds is 4. The van der Waals surface area contributed by atoms with Crippen LogP contribution in [0.1, 0.15) is 42.9 Å². The first-order valence-corrected chi connectivity index (χ1v) is 6.68. The molecule has 1 aliphatic heterocycles. The van der Waals surface area contributed by atoms with Gasteiger partial charge in [-0.2, -0.15) is 0 Å². The third-order valence-corrected chi connectivity index (χ3v) is 3.94. The summed E-state index contributed by atoms with van der Waals surface area (Å²) in [6.07, 6.45) is 4.80. The van der Waals surface area contributed by atoms with Gasteiger partial charge in [-0.3, -0.25) is 0 Å². The summed E-state index contributed by atoms with van der Waals surface area (Å²) in [6, 6.07) is 6.02. The van der Waals surface area contributed by atoms with Crippen molar-refractivity contribution in [2.24, 2.45) is 5.73 Å². The molecule has 3 heteroatoms. The van der Waals surface area contributed by atoms with Crippen LogP contribution in [0.15, 0.2) is 18.2 Å². The van der Waals surface area contributed by atoms with E-state index in [-0.39, 0.29) is 6.04 Å². The first-order valence-electron chi connectivity index (χ1n) is 6.30. The topological polar surface area (TPSA) is 35.2 Å². The van der Waals surface area contributed by atoms with Crippen LogP contribution in [0.5, 0.6) is 0 Å². The monoisotopic (exact) mass is 253 g/mol. The summed E-state index contributed by atoms with van der Waals surface area (Å²) < 4.78 is 5.61. The molecule has 0 bridgehead atoms. The number of hydrogen-bond donors (Lipinski definition) is 1. The van der Waals surface area contributed by atoms with Crippen LogP contribution in [-0.2, 0) is 4.74 Å². The van der Waals surface area contributed by atoms with E-state index in [0.29, 0.717) is 6.10 Å². The molecule has 1 aliphatic rings. The van der Waals surface area contributed by atoms with E-state index < -0.39 is 0 Å². The first-order chi connectivity index (χ1) is 8.18. The Hall–Kier alpha value is -0.570. The largest absolute Gasteiger partial charge is 0.378 e. The van der Waals surface area contributed by atoms with Gasteiger partial charge in [-0.05, 0) is 49.8 Å². The summed E-state index contributed by atoms with van der Waals surface area (Å²) in [5.41, 5.74) is 8.50. The molecule has 0 spiro atoms. The van der Waals surface area contributed by atoms with E-state index in [1.54, 1.807) is 0 Å². The lowest BCUT2D eigenvalue weighted by Crippen LogP contribution is -2.15. The van der Waals surface area contributed by atoms with Gasteiger partial charge in [0.1, 0.15) is 0 Å². The smallest absolute Gasteiger partial charge is 0.0576 e. The lowest BCUT2D eigenvalue weighted by Gasteiger charge is -2.17. The van der Waals surface area contributed by atoms with Gasteiger partial charge < -0.3 is 10.5 Å². The third-order valence-electron chi connectivity index (χ3n) is 3.53. The van der Waals surface area contributed by atoms with E-state index in [0.717, 1.165) is 35.6 Å². The normalized spacial score (nSPS) is 21.7. The maximum atomic E-state index is 6.23. The van der Waals surface area contributed by atoms with Crippen molar-refractivity contribution in [3.63, 3.8) is 0 Å². The van der Waals surface area contributed by atoms with Crippen molar-refractivity contribution in [3.8, 4) is 0 Å². The Kier molecular flexibility index (Phi) is 4.43. The van der Waals surface area contributed by atoms with Crippen molar-refractivity contribution in [2.75, 3.05) is 6.61 Å². The molecule has 0 aliphatic carbocycles. The van der Waals surface area contributed by atoms with Crippen LogP contribution in [-0.4, -0.2) is 12.7 Å². The van der Waals surface area contributed by atoms with Gasteiger partial charge in [-0.15, -0.1) is 0 Å². The Balaban J connectivity index is 1.94. The highest BCUT2D eigenvalue weighted by molar-refractivity contribution is 6.31. The molecule has 1 aromatic rings. The fourth-order valence-electron chi connectivity index (χ4n) is 2.42. The Morgan fingerprint density at radius 3 is 3.06 bits per heavy atom. The van der Waals surface area contributed by atoms with Crippen LogP contribution in [0.2, 0.25) is 5.02 Å². The van der Waals surface area contributed by atoms with Gasteiger partial charge in [-0.25, -0.2) is 0 Å². The third kappa shape index (κ3) is 3.21. The van der Waals surface area contributed by atoms with Crippen molar-refractivity contribution in [1.29, 1.82) is 0 Å². The first kappa shape index (κ1) is 12.9. The van der Waals surface area contributed by atoms with E-state index >= 15 is 0 Å². The molecular weight excluding hydrogens is 234 g/mol. The van der Waals surface area contributed by atoms with Gasteiger partial charge in [0.05, 0.1) is 6.10 Å². The maximum Gasteiger partial charge on any atom is 0.0576 e. The molecule has 1 saturated heterocycles. The molecule has 1 aromatic carbocycles. The quantitative estimate of drug-likeness (QED) is 0.890. The van der Waals surface area contributed by atoms with Crippen LogP contribution in [0.4, 0.5) is 0 Å². The second-order valence-electron chi connectivity index (χ2n) is 4.77. The standard InChI is InChI=1S/C14H20ClNO/c1-10-12(5-2-6-13(10)15)14(16)8-7-11-4-3-9-17-11/h2,5-6,11,14H,3-4,7-9,16H2,1H3. The molecule has 1 fully saturated rings. The zero-order chi connectivity index (χ0) is 12.3. The van der Waals surface area contributed by atoms with Crippen molar-refractivity contribution in [1.82, 2.24) is 0 Å². The fourth-order valence-corrected chi connectivity index (χ4v) is 2.60. The molecule has 2 rings (SSSR count). The minimum atomic E-state index is 0.0675. The van der Waals surface area contributed by atoms with Gasteiger partial charge in [0, 0.05) is 17.7 Å². The average Bonchev–Trinajstić information content (AvgIpc) is 2.82. The molecule has 2 atom stereocenters. The zero-order valence-electron chi connectivity index (χ0n) is 10.3. The minimum Gasteiger partial charge on any atom is -0.378 e. The number of halogens is 1. The number of benzene rings is 1. The van der Waals surface area contributed by atoms with E-state index in [9.17, 15) is 0 Å². The highest BCUT2D eigenvalue weighted by atomic mass is 35.5. The molecule has 0 aromatic heterocycles. The summed E-state index contributed by atoms with van der Waals surface area (Å²) >= 11 is 6.10. The highest BCUT2D eigenvalue weighted by Crippen LogP contribution is 2.27. The van der Waals surface area contributed by atoms with Crippen molar-refractivity contribution >= 4 is 11.6 Å². The van der Waals surface area contributed by atoms with Crippen LogP contribution < -0.4 is 5.73 Å². The molecule has 0 amide bonds. The summed E-state index contributed by atoms with van der Waals surface area (Å²) in [5.74, 6) is 0. The Morgan fingerprint density at radius 2 is 2.35 bits per heavy atom. The van der Waals surface area contributed by atoms with Crippen molar-refractivity contribution < 1.29 is 4.74 Å². The maximum absolute atomic E-state index is 6.23. The van der Waals surface area contributed by atoms with Crippen molar-refractivity contribution in [3.05, 3.63) is 34.3 Å². The summed E-state index contributed by atoms with van der Waals surface area (Å²) in [4.78, 5) is 0. The molecule has 94 valence electrons. The summed E-state index contributed by atoms with van der Waals surface area (Å²) in [6.45, 7) is 2.94. The van der Waals surface area contributed by atoms with E-state index in [4.69, 9.17) is 22.1 Å². The number of hydrogen-bond acceptors (Lipinski definition) is 2. The molecule has 0 saturated carbocycles. The van der Waals surface area contributed by atoms with Crippen LogP contribution >= 0.6 is 11.6 Å². The second-order valence-corrected chi connectivity index (χ2v) is 5.18. The van der Waals surface area contributed by atoms with Gasteiger partial charge in [0.15, 0.2) is 0 Å². The SMILES string of the molecule is Cc1c(Cl)cccc1C(N)CCC1CCCO1. The van der Waals surface area contributed by atoms with Crippen LogP contribution in [0.25, 0.3) is 0 Å². The summed E-state index contributed by atoms with van der Waals surface area (Å²) in [7, 11) is 0. The van der Waals surface area contributed by atoms with Crippen LogP contribution in [0.3, 0.4) is 0 Å². The van der Waals surface area contributed by atoms with Crippen molar-refractivity contribution in [2.45, 2.75) is 44.8 Å². The Bertz CT molecular complexity index is 374. The highest BCUT2D eigenvalue weighted by Gasteiger charge is 2.18. The molecule has 2 N–H and O–H groups in total. The molecule has 17 heavy (non-hydrogen) atoms. The van der Waals surface area contributed by atoms with Gasteiger partial charge in [0.25, 0.3) is 0 Å². The number of nitrogens with two attached hydrogens (primary N) is 1. The van der Waals surface area contributed by atoms with E-state index in [1.807, 2.05) is 19.1 Å². The second kappa shape index (κ2) is 5.85. The predicted octanol–water partition coefficient (Wildman–Crippen LogP) is 3.61. The van der Waals surface area contributed by atoms with Crippen LogP contribution in [0, 0.1) is 6.92 Å². The lowest BCUT2D eigenvalue weighted by atomic mass is 9.96. The molecular formula is C14H20ClNO. The van der Waals surface area contributed by atoms with E-state index in [1.165, 1.54) is 12.8 Å².